The summed E-state index contributed by atoms with van der Waals surface area (Å²) in [6, 6.07) is 22.6. The molecule has 1 fully saturated rings. The van der Waals surface area contributed by atoms with E-state index in [-0.39, 0.29) is 25.6 Å². The number of hydrogen-bond donors (Lipinski definition) is 1. The molecule has 1 saturated heterocycles. The van der Waals surface area contributed by atoms with Crippen LogP contribution in [0, 0.1) is 13.8 Å². The maximum atomic E-state index is 13.0. The number of nitrogens with zero attached hydrogens (tertiary/aromatic N) is 2. The Hall–Kier alpha value is -3.36. The van der Waals surface area contributed by atoms with Crippen molar-refractivity contribution in [2.45, 2.75) is 18.7 Å². The summed E-state index contributed by atoms with van der Waals surface area (Å²) in [7, 11) is -3.58. The van der Waals surface area contributed by atoms with Gasteiger partial charge in [0, 0.05) is 37.6 Å². The van der Waals surface area contributed by atoms with Gasteiger partial charge in [0.15, 0.2) is 6.61 Å². The second-order valence-corrected chi connectivity index (χ2v) is 10.3. The highest BCUT2D eigenvalue weighted by atomic mass is 32.2. The number of rotatable bonds is 7. The third-order valence-corrected chi connectivity index (χ3v) is 7.88. The van der Waals surface area contributed by atoms with E-state index < -0.39 is 10.0 Å². The minimum Gasteiger partial charge on any atom is -0.484 e. The van der Waals surface area contributed by atoms with Gasteiger partial charge in [-0.3, -0.25) is 4.79 Å². The molecule has 1 N–H and O–H groups in total. The van der Waals surface area contributed by atoms with Crippen LogP contribution in [0.5, 0.6) is 5.75 Å². The second kappa shape index (κ2) is 10.3. The summed E-state index contributed by atoms with van der Waals surface area (Å²) in [6.45, 7) is 4.86. The third-order valence-electron chi connectivity index (χ3n) is 5.82. The van der Waals surface area contributed by atoms with Gasteiger partial charge in [-0.15, -0.1) is 0 Å². The average molecular weight is 480 g/mol. The number of hydrogen-bond acceptors (Lipinski definition) is 5. The van der Waals surface area contributed by atoms with Crippen LogP contribution in [0.1, 0.15) is 11.1 Å². The molecule has 1 aliphatic rings. The predicted molar refractivity (Wildman–Crippen MR) is 133 cm³/mol. The topological polar surface area (TPSA) is 79.0 Å². The molecule has 34 heavy (non-hydrogen) atoms. The Bertz CT molecular complexity index is 1240. The summed E-state index contributed by atoms with van der Waals surface area (Å²) in [5, 5.41) is 3.30. The molecule has 1 aliphatic heterocycles. The van der Waals surface area contributed by atoms with E-state index in [4.69, 9.17) is 4.74 Å². The summed E-state index contributed by atoms with van der Waals surface area (Å²) in [5.41, 5.74) is 3.67. The van der Waals surface area contributed by atoms with Gasteiger partial charge in [0.1, 0.15) is 5.75 Å². The Kier molecular flexibility index (Phi) is 7.19. The van der Waals surface area contributed by atoms with Crippen molar-refractivity contribution in [3.63, 3.8) is 0 Å². The Labute approximate surface area is 201 Å². The van der Waals surface area contributed by atoms with Crippen LogP contribution >= 0.6 is 0 Å². The highest BCUT2D eigenvalue weighted by Crippen LogP contribution is 2.23. The summed E-state index contributed by atoms with van der Waals surface area (Å²) in [5.74, 6) is 0.443. The van der Waals surface area contributed by atoms with Crippen LogP contribution in [0.15, 0.2) is 77.7 Å². The number of sulfonamides is 1. The van der Waals surface area contributed by atoms with Crippen molar-refractivity contribution in [1.29, 1.82) is 0 Å². The lowest BCUT2D eigenvalue weighted by Crippen LogP contribution is -2.51. The van der Waals surface area contributed by atoms with E-state index in [1.165, 1.54) is 4.31 Å². The van der Waals surface area contributed by atoms with Crippen LogP contribution in [0.3, 0.4) is 0 Å². The van der Waals surface area contributed by atoms with Gasteiger partial charge < -0.3 is 15.0 Å². The molecule has 0 atom stereocenters. The number of carbonyl (C=O) groups excluding carboxylic acids is 1. The van der Waals surface area contributed by atoms with E-state index in [1.807, 2.05) is 67.6 Å². The van der Waals surface area contributed by atoms with E-state index in [9.17, 15) is 13.2 Å². The Morgan fingerprint density at radius 1 is 0.882 bits per heavy atom. The van der Waals surface area contributed by atoms with E-state index in [0.717, 1.165) is 22.5 Å². The fourth-order valence-corrected chi connectivity index (χ4v) is 5.59. The summed E-state index contributed by atoms with van der Waals surface area (Å²) in [6.07, 6.45) is 0. The number of para-hydroxylation sites is 1. The van der Waals surface area contributed by atoms with Crippen molar-refractivity contribution >= 4 is 27.3 Å². The van der Waals surface area contributed by atoms with Crippen LogP contribution in [-0.2, 0) is 14.8 Å². The van der Waals surface area contributed by atoms with Crippen molar-refractivity contribution in [3.8, 4) is 5.75 Å². The number of anilines is 2. The van der Waals surface area contributed by atoms with Crippen molar-refractivity contribution in [2.75, 3.05) is 38.1 Å². The number of aryl methyl sites for hydroxylation is 2. The molecule has 1 heterocycles. The maximum absolute atomic E-state index is 13.0. The molecule has 0 bridgehead atoms. The van der Waals surface area contributed by atoms with E-state index in [2.05, 4.69) is 5.32 Å². The number of amides is 1. The zero-order valence-corrected chi connectivity index (χ0v) is 20.2. The highest BCUT2D eigenvalue weighted by molar-refractivity contribution is 7.89. The van der Waals surface area contributed by atoms with E-state index in [0.29, 0.717) is 23.7 Å². The zero-order chi connectivity index (χ0) is 24.1. The molecule has 0 spiro atoms. The first kappa shape index (κ1) is 23.8. The summed E-state index contributed by atoms with van der Waals surface area (Å²) >= 11 is 0. The molecule has 1 amide bonds. The SMILES string of the molecule is Cc1ccc(S(=O)(=O)N2CCN(C(=O)COc3ccc(Nc4ccccc4)cc3)CC2)c(C)c1. The highest BCUT2D eigenvalue weighted by Gasteiger charge is 2.31. The van der Waals surface area contributed by atoms with Gasteiger partial charge in [0.2, 0.25) is 10.0 Å². The van der Waals surface area contributed by atoms with Gasteiger partial charge in [-0.05, 0) is 61.9 Å². The predicted octanol–water partition coefficient (Wildman–Crippen LogP) is 3.96. The molecule has 0 aliphatic carbocycles. The van der Waals surface area contributed by atoms with Gasteiger partial charge in [0.25, 0.3) is 5.91 Å². The van der Waals surface area contributed by atoms with Crippen LogP contribution in [0.2, 0.25) is 0 Å². The largest absolute Gasteiger partial charge is 0.484 e. The van der Waals surface area contributed by atoms with Crippen molar-refractivity contribution in [1.82, 2.24) is 9.21 Å². The van der Waals surface area contributed by atoms with Crippen molar-refractivity contribution < 1.29 is 17.9 Å². The van der Waals surface area contributed by atoms with Crippen LogP contribution in [0.25, 0.3) is 0 Å². The first-order valence-electron chi connectivity index (χ1n) is 11.2. The van der Waals surface area contributed by atoms with Gasteiger partial charge in [-0.25, -0.2) is 8.42 Å². The average Bonchev–Trinajstić information content (AvgIpc) is 2.84. The molecule has 178 valence electrons. The van der Waals surface area contributed by atoms with Gasteiger partial charge in [0.05, 0.1) is 4.90 Å². The second-order valence-electron chi connectivity index (χ2n) is 8.36. The van der Waals surface area contributed by atoms with Gasteiger partial charge >= 0.3 is 0 Å². The first-order valence-corrected chi connectivity index (χ1v) is 12.7. The minimum absolute atomic E-state index is 0.0880. The summed E-state index contributed by atoms with van der Waals surface area (Å²) < 4.78 is 33.2. The number of piperazine rings is 1. The molecule has 7 nitrogen and oxygen atoms in total. The van der Waals surface area contributed by atoms with Crippen molar-refractivity contribution in [3.05, 3.63) is 83.9 Å². The quantitative estimate of drug-likeness (QED) is 0.555. The van der Waals surface area contributed by atoms with Gasteiger partial charge in [-0.1, -0.05) is 35.9 Å². The minimum atomic E-state index is -3.58. The number of carbonyl (C=O) groups is 1. The van der Waals surface area contributed by atoms with Gasteiger partial charge in [-0.2, -0.15) is 4.31 Å². The molecule has 3 aromatic rings. The van der Waals surface area contributed by atoms with Crippen molar-refractivity contribution in [2.24, 2.45) is 0 Å². The fourth-order valence-electron chi connectivity index (χ4n) is 3.96. The molecule has 4 rings (SSSR count). The number of benzene rings is 3. The fraction of sp³-hybridized carbons (Fsp3) is 0.269. The smallest absolute Gasteiger partial charge is 0.260 e. The van der Waals surface area contributed by atoms with E-state index in [1.54, 1.807) is 24.0 Å². The molecule has 3 aromatic carbocycles. The number of nitrogens with one attached hydrogen (secondary N) is 1. The van der Waals surface area contributed by atoms with E-state index >= 15 is 0 Å². The molecule has 0 saturated carbocycles. The molecule has 0 unspecified atom stereocenters. The van der Waals surface area contributed by atoms with Crippen LogP contribution < -0.4 is 10.1 Å². The molecular weight excluding hydrogens is 450 g/mol. The lowest BCUT2D eigenvalue weighted by atomic mass is 10.2. The lowest BCUT2D eigenvalue weighted by Gasteiger charge is -2.34. The Balaban J connectivity index is 1.27. The monoisotopic (exact) mass is 479 g/mol. The molecule has 8 heteroatoms. The molecular formula is C26H29N3O4S. The van der Waals surface area contributed by atoms with Crippen LogP contribution in [-0.4, -0.2) is 56.3 Å². The van der Waals surface area contributed by atoms with Crippen LogP contribution in [0.4, 0.5) is 11.4 Å². The maximum Gasteiger partial charge on any atom is 0.260 e. The third kappa shape index (κ3) is 5.58. The normalized spacial score (nSPS) is 14.6. The molecule has 0 aromatic heterocycles. The molecule has 0 radical (unpaired) electrons. The zero-order valence-electron chi connectivity index (χ0n) is 19.4. The number of ether oxygens (including phenoxy) is 1. The lowest BCUT2D eigenvalue weighted by molar-refractivity contribution is -0.134. The Morgan fingerprint density at radius 2 is 1.53 bits per heavy atom. The first-order chi connectivity index (χ1) is 16.3. The Morgan fingerprint density at radius 3 is 2.18 bits per heavy atom. The standard InChI is InChI=1S/C26H29N3O4S/c1-20-8-13-25(21(2)18-20)34(31,32)29-16-14-28(15-17-29)26(30)19-33-24-11-9-23(10-12-24)27-22-6-4-3-5-7-22/h3-13,18,27H,14-17,19H2,1-2H3. The summed E-state index contributed by atoms with van der Waals surface area (Å²) in [4.78, 5) is 14.6.